The Morgan fingerprint density at radius 3 is 2.68 bits per heavy atom. The molecule has 0 spiro atoms. The fourth-order valence-electron chi connectivity index (χ4n) is 2.31. The van der Waals surface area contributed by atoms with Crippen molar-refractivity contribution >= 4 is 26.9 Å². The van der Waals surface area contributed by atoms with Crippen LogP contribution < -0.4 is 4.72 Å². The fourth-order valence-corrected chi connectivity index (χ4v) is 3.81. The molecule has 8 heteroatoms. The Balaban J connectivity index is 2.39. The van der Waals surface area contributed by atoms with E-state index in [0.29, 0.717) is 11.1 Å². The van der Waals surface area contributed by atoms with Gasteiger partial charge in [-0.3, -0.25) is 0 Å². The van der Waals surface area contributed by atoms with Gasteiger partial charge >= 0.3 is 5.97 Å². The molecule has 0 saturated heterocycles. The summed E-state index contributed by atoms with van der Waals surface area (Å²) in [7, 11) is -0.974. The Kier molecular flexibility index (Phi) is 4.55. The van der Waals surface area contributed by atoms with Crippen LogP contribution in [0, 0.1) is 6.92 Å². The summed E-state index contributed by atoms with van der Waals surface area (Å²) in [5.41, 5.74) is 1.36. The van der Waals surface area contributed by atoms with Crippen molar-refractivity contribution in [1.82, 2.24) is 9.29 Å². The number of sulfonamides is 1. The summed E-state index contributed by atoms with van der Waals surface area (Å²) in [5.74, 6) is -0.891. The molecule has 0 unspecified atom stereocenters. The molecule has 0 radical (unpaired) electrons. The predicted octanol–water partition coefficient (Wildman–Crippen LogP) is 0.299. The SMILES string of the molecule is COC(=O)[C@H](O)CNS(=O)(=O)c1c(C)n(C)c2ccccc12. The number of esters is 1. The number of methoxy groups -OCH3 is 1. The number of aliphatic hydroxyl groups excluding tert-OH is 1. The number of aromatic nitrogens is 1. The maximum atomic E-state index is 12.5. The zero-order valence-electron chi connectivity index (χ0n) is 12.5. The molecule has 0 aliphatic carbocycles. The van der Waals surface area contributed by atoms with Crippen LogP contribution in [0.5, 0.6) is 0 Å². The summed E-state index contributed by atoms with van der Waals surface area (Å²) < 4.78 is 33.4. The van der Waals surface area contributed by atoms with Crippen LogP contribution in [0.2, 0.25) is 0 Å². The number of aliphatic hydroxyl groups is 1. The van der Waals surface area contributed by atoms with Crippen LogP contribution in [0.25, 0.3) is 10.9 Å². The molecule has 22 heavy (non-hydrogen) atoms. The number of ether oxygens (including phenoxy) is 1. The third-order valence-electron chi connectivity index (χ3n) is 3.55. The van der Waals surface area contributed by atoms with E-state index in [1.165, 1.54) is 0 Å². The number of nitrogens with one attached hydrogen (secondary N) is 1. The quantitative estimate of drug-likeness (QED) is 0.770. The molecular formula is C14H18N2O5S. The second kappa shape index (κ2) is 6.07. The van der Waals surface area contributed by atoms with E-state index in [9.17, 15) is 18.3 Å². The van der Waals surface area contributed by atoms with E-state index in [-0.39, 0.29) is 4.90 Å². The number of benzene rings is 1. The first-order valence-electron chi connectivity index (χ1n) is 6.59. The molecule has 0 aliphatic rings. The van der Waals surface area contributed by atoms with Gasteiger partial charge in [-0.2, -0.15) is 0 Å². The van der Waals surface area contributed by atoms with E-state index in [1.807, 2.05) is 12.1 Å². The molecule has 2 aromatic rings. The summed E-state index contributed by atoms with van der Waals surface area (Å²) in [5, 5.41) is 10.1. The van der Waals surface area contributed by atoms with Gasteiger partial charge in [-0.05, 0) is 13.0 Å². The van der Waals surface area contributed by atoms with Gasteiger partial charge in [-0.1, -0.05) is 18.2 Å². The first-order chi connectivity index (χ1) is 10.3. The van der Waals surface area contributed by atoms with E-state index in [2.05, 4.69) is 9.46 Å². The van der Waals surface area contributed by atoms with Gasteiger partial charge < -0.3 is 14.4 Å². The van der Waals surface area contributed by atoms with Crippen molar-refractivity contribution in [2.75, 3.05) is 13.7 Å². The molecular weight excluding hydrogens is 308 g/mol. The Bertz CT molecular complexity index is 810. The highest BCUT2D eigenvalue weighted by atomic mass is 32.2. The summed E-state index contributed by atoms with van der Waals surface area (Å²) in [6, 6.07) is 7.12. The minimum absolute atomic E-state index is 0.141. The zero-order chi connectivity index (χ0) is 16.5. The molecule has 1 aromatic heterocycles. The van der Waals surface area contributed by atoms with Crippen molar-refractivity contribution < 1.29 is 23.1 Å². The van der Waals surface area contributed by atoms with E-state index >= 15 is 0 Å². The van der Waals surface area contributed by atoms with Crippen molar-refractivity contribution in [3.63, 3.8) is 0 Å². The maximum Gasteiger partial charge on any atom is 0.336 e. The predicted molar refractivity (Wildman–Crippen MR) is 80.9 cm³/mol. The molecule has 7 nitrogen and oxygen atoms in total. The maximum absolute atomic E-state index is 12.5. The standard InChI is InChI=1S/C14H18N2O5S/c1-9-13(10-6-4-5-7-11(10)16(9)2)22(19,20)15-8-12(17)14(18)21-3/h4-7,12,15,17H,8H2,1-3H3/t12-/m1/s1. The summed E-state index contributed by atoms with van der Waals surface area (Å²) in [6.45, 7) is 1.25. The molecule has 0 saturated carbocycles. The monoisotopic (exact) mass is 326 g/mol. The van der Waals surface area contributed by atoms with Gasteiger partial charge in [0.15, 0.2) is 6.10 Å². The number of carbonyl (C=O) groups is 1. The Morgan fingerprint density at radius 2 is 2.05 bits per heavy atom. The second-order valence-electron chi connectivity index (χ2n) is 4.88. The van der Waals surface area contributed by atoms with Crippen molar-refractivity contribution in [3.8, 4) is 0 Å². The number of rotatable bonds is 5. The lowest BCUT2D eigenvalue weighted by Gasteiger charge is -2.11. The molecule has 2 rings (SSSR count). The van der Waals surface area contributed by atoms with E-state index in [4.69, 9.17) is 0 Å². The largest absolute Gasteiger partial charge is 0.467 e. The van der Waals surface area contributed by atoms with Crippen LogP contribution in [-0.4, -0.2) is 43.8 Å². The van der Waals surface area contributed by atoms with Crippen LogP contribution in [0.1, 0.15) is 5.69 Å². The Morgan fingerprint density at radius 1 is 1.41 bits per heavy atom. The topological polar surface area (TPSA) is 97.6 Å². The van der Waals surface area contributed by atoms with Crippen LogP contribution in [0.4, 0.5) is 0 Å². The Hall–Kier alpha value is -1.90. The number of para-hydroxylation sites is 1. The number of nitrogens with zero attached hydrogens (tertiary/aromatic N) is 1. The molecule has 120 valence electrons. The van der Waals surface area contributed by atoms with Gasteiger partial charge in [0.25, 0.3) is 0 Å². The average molecular weight is 326 g/mol. The highest BCUT2D eigenvalue weighted by Gasteiger charge is 2.26. The van der Waals surface area contributed by atoms with E-state index in [1.54, 1.807) is 30.7 Å². The number of hydrogen-bond donors (Lipinski definition) is 2. The van der Waals surface area contributed by atoms with Gasteiger partial charge in [0.05, 0.1) is 7.11 Å². The first kappa shape index (κ1) is 16.5. The second-order valence-corrected chi connectivity index (χ2v) is 6.59. The fraction of sp³-hybridized carbons (Fsp3) is 0.357. The van der Waals surface area contributed by atoms with Crippen molar-refractivity contribution in [2.45, 2.75) is 17.9 Å². The smallest absolute Gasteiger partial charge is 0.336 e. The molecule has 1 aromatic carbocycles. The van der Waals surface area contributed by atoms with E-state index in [0.717, 1.165) is 12.6 Å². The summed E-state index contributed by atoms with van der Waals surface area (Å²) in [6.07, 6.45) is -1.55. The van der Waals surface area contributed by atoms with Gasteiger partial charge in [0.1, 0.15) is 4.90 Å². The van der Waals surface area contributed by atoms with Crippen LogP contribution in [0.15, 0.2) is 29.2 Å². The third-order valence-corrected chi connectivity index (χ3v) is 5.15. The van der Waals surface area contributed by atoms with Crippen molar-refractivity contribution in [1.29, 1.82) is 0 Å². The van der Waals surface area contributed by atoms with Crippen LogP contribution in [0.3, 0.4) is 0 Å². The number of hydrogen-bond acceptors (Lipinski definition) is 5. The Labute approximate surface area is 128 Å². The highest BCUT2D eigenvalue weighted by molar-refractivity contribution is 7.89. The third kappa shape index (κ3) is 2.85. The molecule has 0 bridgehead atoms. The number of aryl methyl sites for hydroxylation is 1. The van der Waals surface area contributed by atoms with E-state index < -0.39 is 28.6 Å². The van der Waals surface area contributed by atoms with Gasteiger partial charge in [-0.15, -0.1) is 0 Å². The molecule has 2 N–H and O–H groups in total. The lowest BCUT2D eigenvalue weighted by molar-refractivity contribution is -0.149. The van der Waals surface area contributed by atoms with Gasteiger partial charge in [0.2, 0.25) is 10.0 Å². The molecule has 0 amide bonds. The first-order valence-corrected chi connectivity index (χ1v) is 8.07. The van der Waals surface area contributed by atoms with Crippen molar-refractivity contribution in [3.05, 3.63) is 30.0 Å². The van der Waals surface area contributed by atoms with Crippen LogP contribution >= 0.6 is 0 Å². The van der Waals surface area contributed by atoms with Crippen LogP contribution in [-0.2, 0) is 26.6 Å². The lowest BCUT2D eigenvalue weighted by atomic mass is 10.2. The summed E-state index contributed by atoms with van der Waals surface area (Å²) >= 11 is 0. The number of carbonyl (C=O) groups excluding carboxylic acids is 1. The van der Waals surface area contributed by atoms with Gasteiger partial charge in [0, 0.05) is 30.2 Å². The lowest BCUT2D eigenvalue weighted by Crippen LogP contribution is -2.37. The number of fused-ring (bicyclic) bond motifs is 1. The normalized spacial score (nSPS) is 13.3. The highest BCUT2D eigenvalue weighted by Crippen LogP contribution is 2.28. The summed E-state index contributed by atoms with van der Waals surface area (Å²) in [4.78, 5) is 11.3. The molecule has 1 heterocycles. The minimum Gasteiger partial charge on any atom is -0.467 e. The van der Waals surface area contributed by atoms with Crippen molar-refractivity contribution in [2.24, 2.45) is 7.05 Å². The molecule has 0 aliphatic heterocycles. The minimum atomic E-state index is -3.87. The molecule has 0 fully saturated rings. The van der Waals surface area contributed by atoms with Gasteiger partial charge in [-0.25, -0.2) is 17.9 Å². The molecule has 1 atom stereocenters. The zero-order valence-corrected chi connectivity index (χ0v) is 13.3. The average Bonchev–Trinajstić information content (AvgIpc) is 2.76.